The van der Waals surface area contributed by atoms with Crippen LogP contribution >= 0.6 is 24.8 Å². The predicted octanol–water partition coefficient (Wildman–Crippen LogP) is 19.4. The minimum absolute atomic E-state index is 0. The largest absolute Gasteiger partial charge is 0.147 e. The van der Waals surface area contributed by atoms with Gasteiger partial charge in [0, 0.05) is 0 Å². The smallest absolute Gasteiger partial charge is 0.147 e. The van der Waals surface area contributed by atoms with Crippen molar-refractivity contribution in [3.05, 3.63) is 129 Å². The van der Waals surface area contributed by atoms with Gasteiger partial charge in [-0.2, -0.15) is 0 Å². The Morgan fingerprint density at radius 3 is 1.09 bits per heavy atom. The first-order chi connectivity index (χ1) is 30.3. The first-order valence-electron chi connectivity index (χ1n) is 26.2. The third-order valence-corrected chi connectivity index (χ3v) is 34.6. The summed E-state index contributed by atoms with van der Waals surface area (Å²) < 4.78 is 6.89. The van der Waals surface area contributed by atoms with E-state index in [-0.39, 0.29) is 35.6 Å². The summed E-state index contributed by atoms with van der Waals surface area (Å²) in [6, 6.07) is 33.8. The summed E-state index contributed by atoms with van der Waals surface area (Å²) in [5, 5.41) is 0. The molecule has 2 unspecified atom stereocenters. The van der Waals surface area contributed by atoms with Gasteiger partial charge < -0.3 is 0 Å². The molecule has 2 saturated carbocycles. The van der Waals surface area contributed by atoms with Crippen LogP contribution in [0.25, 0.3) is 34.4 Å². The average molecular weight is 1020 g/mol. The van der Waals surface area contributed by atoms with Crippen LogP contribution in [0, 0.1) is 10.8 Å². The number of hydrogen-bond acceptors (Lipinski definition) is 0. The molecule has 66 heavy (non-hydrogen) atoms. The molecule has 0 saturated heterocycles. The quantitative estimate of drug-likeness (QED) is 0.154. The van der Waals surface area contributed by atoms with Crippen molar-refractivity contribution >= 4 is 43.8 Å². The standard InChI is InChI=1S/2C30H39.2CH3.2ClH.H2Si.Zr/c2*1-29(2,3)28-17-10-9-15-26(28)25-16-13-14-24-20-23(21-27(24)25)22-30(4)18-11-7-5-6-8-12-19-30;;;;;;/h2*9-10,13-17,20-21H,5-8,11-12,18-19,22H2,1-4H3;2*1H3;2*1H;1H2;. The van der Waals surface area contributed by atoms with E-state index in [2.05, 4.69) is 169 Å². The van der Waals surface area contributed by atoms with Gasteiger partial charge in [-0.3, -0.25) is 0 Å². The van der Waals surface area contributed by atoms with Crippen LogP contribution < -0.4 is 0 Å². The van der Waals surface area contributed by atoms with E-state index in [1.54, 1.807) is 33.4 Å². The number of hydrogen-bond donors (Lipinski definition) is 0. The van der Waals surface area contributed by atoms with Gasteiger partial charge in [-0.1, -0.05) is 0 Å². The fourth-order valence-corrected chi connectivity index (χ4v) is 33.7. The zero-order valence-corrected chi connectivity index (χ0v) is 48.6. The van der Waals surface area contributed by atoms with Gasteiger partial charge in [0.1, 0.15) is 0 Å². The summed E-state index contributed by atoms with van der Waals surface area (Å²) in [6.45, 7) is 22.4. The maximum Gasteiger partial charge on any atom is -0.147 e. The molecule has 0 heterocycles. The van der Waals surface area contributed by atoms with Gasteiger partial charge in [-0.25, -0.2) is 0 Å². The van der Waals surface area contributed by atoms with Gasteiger partial charge in [-0.05, 0) is 0 Å². The van der Waals surface area contributed by atoms with Gasteiger partial charge in [0.15, 0.2) is 0 Å². The van der Waals surface area contributed by atoms with Gasteiger partial charge in [0.05, 0.1) is 0 Å². The molecule has 358 valence electrons. The van der Waals surface area contributed by atoms with Crippen LogP contribution in [0.2, 0.25) is 9.26 Å². The molecule has 0 aromatic heterocycles. The molecule has 4 aromatic carbocycles. The molecule has 4 aliphatic carbocycles. The van der Waals surface area contributed by atoms with Crippen LogP contribution in [0.1, 0.15) is 212 Å². The first-order valence-corrected chi connectivity index (χ1v) is 39.9. The summed E-state index contributed by atoms with van der Waals surface area (Å²) in [5.41, 5.74) is 19.5. The minimum Gasteiger partial charge on any atom is -0.147 e. The molecule has 0 aliphatic heterocycles. The molecule has 0 spiro atoms. The van der Waals surface area contributed by atoms with Crippen LogP contribution in [0.15, 0.2) is 96.1 Å². The molecular formula is C62H88Cl2SiZr. The second kappa shape index (κ2) is 20.8. The van der Waals surface area contributed by atoms with Crippen molar-refractivity contribution in [3.8, 4) is 22.3 Å². The van der Waals surface area contributed by atoms with E-state index in [1.165, 1.54) is 149 Å². The molecule has 4 aliphatic rings. The topological polar surface area (TPSA) is 0 Å². The minimum atomic E-state index is -4.08. The number of fused-ring (bicyclic) bond motifs is 2. The van der Waals surface area contributed by atoms with E-state index in [4.69, 9.17) is 0 Å². The van der Waals surface area contributed by atoms with E-state index in [0.717, 1.165) is 0 Å². The summed E-state index contributed by atoms with van der Waals surface area (Å²) in [5.74, 6) is 0. The van der Waals surface area contributed by atoms with E-state index in [1.807, 2.05) is 0 Å². The second-order valence-electron chi connectivity index (χ2n) is 25.7. The number of allylic oxidation sites excluding steroid dienone is 2. The van der Waals surface area contributed by atoms with Crippen molar-refractivity contribution < 1.29 is 17.4 Å². The maximum atomic E-state index is 2.95. The molecule has 2 atom stereocenters. The van der Waals surface area contributed by atoms with Crippen LogP contribution in [0.5, 0.6) is 0 Å². The van der Waals surface area contributed by atoms with Crippen LogP contribution in [-0.4, -0.2) is 6.88 Å². The molecule has 4 aromatic rings. The van der Waals surface area contributed by atoms with Crippen molar-refractivity contribution in [1.29, 1.82) is 0 Å². The zero-order valence-electron chi connectivity index (χ0n) is 43.1. The molecule has 0 bridgehead atoms. The van der Waals surface area contributed by atoms with Crippen molar-refractivity contribution in [2.75, 3.05) is 0 Å². The molecule has 0 radical (unpaired) electrons. The van der Waals surface area contributed by atoms with E-state index < -0.39 is 17.4 Å². The molecule has 8 rings (SSSR count). The molecule has 2 fully saturated rings. The Morgan fingerprint density at radius 1 is 0.455 bits per heavy atom. The second-order valence-corrected chi connectivity index (χ2v) is 56.1. The Balaban J connectivity index is 0.00000360. The third kappa shape index (κ3) is 11.1. The van der Waals surface area contributed by atoms with Crippen molar-refractivity contribution in [2.24, 2.45) is 10.8 Å². The Hall–Kier alpha value is -1.96. The average Bonchev–Trinajstić information content (AvgIpc) is 3.85. The fraction of sp³-hybridized carbons (Fsp3) is 0.548. The SMILES string of the molecule is CC1(CC2=Cc3c(-c4ccccc4C(C)(C)C)cccc3[CH]2[Zr]([CH3])([CH3])(=[SiH2])[CH]2C(CC3(C)CCCCCCCC3)=Cc3c(-c4ccccc4C(C)(C)C)cccc32)CCCCCCCC1.Cl.Cl. The van der Waals surface area contributed by atoms with E-state index >= 15 is 0 Å². The van der Waals surface area contributed by atoms with Crippen molar-refractivity contribution in [3.63, 3.8) is 0 Å². The predicted molar refractivity (Wildman–Crippen MR) is 297 cm³/mol. The van der Waals surface area contributed by atoms with Gasteiger partial charge >= 0.3 is 397 Å². The number of benzene rings is 4. The normalized spacial score (nSPS) is 21.4. The molecule has 0 N–H and O–H groups in total. The Morgan fingerprint density at radius 2 is 0.758 bits per heavy atom. The van der Waals surface area contributed by atoms with E-state index in [0.29, 0.717) is 18.1 Å². The third-order valence-electron chi connectivity index (χ3n) is 17.1. The zero-order chi connectivity index (χ0) is 45.6. The van der Waals surface area contributed by atoms with Crippen LogP contribution in [-0.2, 0) is 28.2 Å². The van der Waals surface area contributed by atoms with Crippen LogP contribution in [0.4, 0.5) is 0 Å². The van der Waals surface area contributed by atoms with Crippen molar-refractivity contribution in [2.45, 2.75) is 198 Å². The molecule has 0 amide bonds. The summed E-state index contributed by atoms with van der Waals surface area (Å²) in [6.07, 6.45) is 30.4. The number of halogens is 2. The summed E-state index contributed by atoms with van der Waals surface area (Å²) in [7, 11) is 0. The van der Waals surface area contributed by atoms with Crippen LogP contribution in [0.3, 0.4) is 0 Å². The van der Waals surface area contributed by atoms with E-state index in [9.17, 15) is 0 Å². The Kier molecular flexibility index (Phi) is 16.8. The van der Waals surface area contributed by atoms with Gasteiger partial charge in [0.25, 0.3) is 0 Å². The Bertz CT molecular complexity index is 2280. The molecule has 4 heteroatoms. The number of rotatable bonds is 8. The summed E-state index contributed by atoms with van der Waals surface area (Å²) >= 11 is -4.08. The molecule has 0 nitrogen and oxygen atoms in total. The first kappa shape index (κ1) is 53.4. The Labute approximate surface area is 418 Å². The van der Waals surface area contributed by atoms with Gasteiger partial charge in [-0.15, -0.1) is 24.8 Å². The molecular weight excluding hydrogens is 935 g/mol. The van der Waals surface area contributed by atoms with Gasteiger partial charge in [0.2, 0.25) is 0 Å². The summed E-state index contributed by atoms with van der Waals surface area (Å²) in [4.78, 5) is 0. The maximum absolute atomic E-state index is 4.08. The van der Waals surface area contributed by atoms with Crippen molar-refractivity contribution in [1.82, 2.24) is 0 Å². The monoisotopic (exact) mass is 1020 g/mol. The fourth-order valence-electron chi connectivity index (χ4n) is 14.1.